The van der Waals surface area contributed by atoms with E-state index in [1.165, 1.54) is 0 Å². The van der Waals surface area contributed by atoms with Crippen LogP contribution in [0.5, 0.6) is 0 Å². The van der Waals surface area contributed by atoms with Crippen molar-refractivity contribution in [3.63, 3.8) is 0 Å². The lowest BCUT2D eigenvalue weighted by molar-refractivity contribution is -0.136. The summed E-state index contributed by atoms with van der Waals surface area (Å²) in [5.41, 5.74) is 2.96. The quantitative estimate of drug-likeness (QED) is 0.874. The Morgan fingerprint density at radius 2 is 1.35 bits per heavy atom. The molecule has 0 fully saturated rings. The third-order valence-corrected chi connectivity index (χ3v) is 3.36. The largest absolute Gasteiger partial charge is 0.481 e. The van der Waals surface area contributed by atoms with Crippen LogP contribution >= 0.6 is 15.9 Å². The fraction of sp³-hybridized carbons (Fsp3) is 0.188. The molecule has 1 N–H and O–H groups in total. The Labute approximate surface area is 126 Å². The maximum absolute atomic E-state index is 10.6. The van der Waals surface area contributed by atoms with Crippen LogP contribution in [0.15, 0.2) is 53.0 Å². The molecule has 3 nitrogen and oxygen atoms in total. The summed E-state index contributed by atoms with van der Waals surface area (Å²) in [6, 6.07) is 15.5. The van der Waals surface area contributed by atoms with Gasteiger partial charge in [-0.05, 0) is 28.8 Å². The van der Waals surface area contributed by atoms with Crippen LogP contribution in [0.3, 0.4) is 0 Å². The minimum absolute atomic E-state index is 0.0556. The third kappa shape index (κ3) is 4.79. The molecule has 0 amide bonds. The number of halogens is 1. The zero-order valence-electron chi connectivity index (χ0n) is 10.9. The van der Waals surface area contributed by atoms with Crippen LogP contribution < -0.4 is 0 Å². The smallest absolute Gasteiger partial charge is 0.307 e. The first kappa shape index (κ1) is 14.8. The standard InChI is InChI=1S/C16H15BrO3/c17-15-7-5-14(6-8-15)11-20-10-13-3-1-12(2-4-13)9-16(18)19/h1-8H,9-11H2,(H,18,19). The Morgan fingerprint density at radius 1 is 0.900 bits per heavy atom. The topological polar surface area (TPSA) is 46.5 Å². The molecule has 20 heavy (non-hydrogen) atoms. The second-order valence-corrected chi connectivity index (χ2v) is 5.42. The second kappa shape index (κ2) is 7.22. The molecule has 2 rings (SSSR count). The SMILES string of the molecule is O=C(O)Cc1ccc(COCc2ccc(Br)cc2)cc1. The van der Waals surface area contributed by atoms with Gasteiger partial charge in [-0.2, -0.15) is 0 Å². The third-order valence-electron chi connectivity index (χ3n) is 2.83. The summed E-state index contributed by atoms with van der Waals surface area (Å²) in [6.45, 7) is 1.08. The van der Waals surface area contributed by atoms with E-state index in [1.807, 2.05) is 48.5 Å². The van der Waals surface area contributed by atoms with Gasteiger partial charge in [-0.1, -0.05) is 52.3 Å². The van der Waals surface area contributed by atoms with Gasteiger partial charge in [-0.15, -0.1) is 0 Å². The van der Waals surface area contributed by atoms with E-state index in [9.17, 15) is 4.79 Å². The van der Waals surface area contributed by atoms with E-state index in [4.69, 9.17) is 9.84 Å². The van der Waals surface area contributed by atoms with Gasteiger partial charge in [-0.3, -0.25) is 4.79 Å². The fourth-order valence-electron chi connectivity index (χ4n) is 1.80. The molecule has 104 valence electrons. The van der Waals surface area contributed by atoms with Gasteiger partial charge in [0, 0.05) is 4.47 Å². The van der Waals surface area contributed by atoms with Crippen molar-refractivity contribution in [3.8, 4) is 0 Å². The van der Waals surface area contributed by atoms with Gasteiger partial charge in [0.25, 0.3) is 0 Å². The molecule has 0 radical (unpaired) electrons. The summed E-state index contributed by atoms with van der Waals surface area (Å²) < 4.78 is 6.69. The van der Waals surface area contributed by atoms with Crippen molar-refractivity contribution in [2.75, 3.05) is 0 Å². The monoisotopic (exact) mass is 334 g/mol. The maximum atomic E-state index is 10.6. The van der Waals surface area contributed by atoms with Crippen molar-refractivity contribution < 1.29 is 14.6 Å². The van der Waals surface area contributed by atoms with Crippen LogP contribution in [0.25, 0.3) is 0 Å². The maximum Gasteiger partial charge on any atom is 0.307 e. The number of rotatable bonds is 6. The van der Waals surface area contributed by atoms with Gasteiger partial charge in [0.1, 0.15) is 0 Å². The van der Waals surface area contributed by atoms with Gasteiger partial charge in [0.05, 0.1) is 19.6 Å². The highest BCUT2D eigenvalue weighted by Gasteiger charge is 2.01. The molecule has 0 saturated carbocycles. The van der Waals surface area contributed by atoms with Crippen LogP contribution in [-0.4, -0.2) is 11.1 Å². The van der Waals surface area contributed by atoms with Crippen LogP contribution in [0, 0.1) is 0 Å². The summed E-state index contributed by atoms with van der Waals surface area (Å²) in [4.78, 5) is 10.6. The lowest BCUT2D eigenvalue weighted by atomic mass is 10.1. The molecule has 0 atom stereocenters. The van der Waals surface area contributed by atoms with E-state index < -0.39 is 5.97 Å². The average Bonchev–Trinajstić information content (AvgIpc) is 2.42. The predicted molar refractivity (Wildman–Crippen MR) is 80.4 cm³/mol. The van der Waals surface area contributed by atoms with Gasteiger partial charge in [-0.25, -0.2) is 0 Å². The van der Waals surface area contributed by atoms with Crippen molar-refractivity contribution in [1.82, 2.24) is 0 Å². The zero-order chi connectivity index (χ0) is 14.4. The summed E-state index contributed by atoms with van der Waals surface area (Å²) >= 11 is 3.39. The first-order chi connectivity index (χ1) is 9.63. The average molecular weight is 335 g/mol. The minimum Gasteiger partial charge on any atom is -0.481 e. The molecule has 0 unspecified atom stereocenters. The number of benzene rings is 2. The first-order valence-electron chi connectivity index (χ1n) is 6.25. The minimum atomic E-state index is -0.816. The van der Waals surface area contributed by atoms with Crippen molar-refractivity contribution in [2.24, 2.45) is 0 Å². The Kier molecular flexibility index (Phi) is 5.32. The summed E-state index contributed by atoms with van der Waals surface area (Å²) in [5.74, 6) is -0.816. The van der Waals surface area contributed by atoms with E-state index in [1.54, 1.807) is 0 Å². The van der Waals surface area contributed by atoms with Crippen molar-refractivity contribution in [3.05, 3.63) is 69.7 Å². The number of ether oxygens (including phenoxy) is 1. The first-order valence-corrected chi connectivity index (χ1v) is 7.04. The molecular weight excluding hydrogens is 320 g/mol. The molecule has 2 aromatic rings. The van der Waals surface area contributed by atoms with Crippen LogP contribution in [0.2, 0.25) is 0 Å². The van der Waals surface area contributed by atoms with Crippen molar-refractivity contribution in [2.45, 2.75) is 19.6 Å². The van der Waals surface area contributed by atoms with Crippen LogP contribution in [0.4, 0.5) is 0 Å². The van der Waals surface area contributed by atoms with Gasteiger partial charge in [0.2, 0.25) is 0 Å². The van der Waals surface area contributed by atoms with Crippen LogP contribution in [0.1, 0.15) is 16.7 Å². The van der Waals surface area contributed by atoms with E-state index in [2.05, 4.69) is 15.9 Å². The molecule has 0 aliphatic rings. The molecule has 4 heteroatoms. The number of aliphatic carboxylic acids is 1. The lowest BCUT2D eigenvalue weighted by Gasteiger charge is -2.06. The molecule has 0 spiro atoms. The highest BCUT2D eigenvalue weighted by molar-refractivity contribution is 9.10. The molecule has 0 aromatic heterocycles. The van der Waals surface area contributed by atoms with Gasteiger partial charge < -0.3 is 9.84 Å². The van der Waals surface area contributed by atoms with Gasteiger partial charge in [0.15, 0.2) is 0 Å². The molecule has 0 heterocycles. The lowest BCUT2D eigenvalue weighted by Crippen LogP contribution is -2.00. The highest BCUT2D eigenvalue weighted by atomic mass is 79.9. The number of hydrogen-bond acceptors (Lipinski definition) is 2. The summed E-state index contributed by atoms with van der Waals surface area (Å²) in [6.07, 6.45) is 0.0556. The van der Waals surface area contributed by atoms with Gasteiger partial charge >= 0.3 is 5.97 Å². The molecule has 0 bridgehead atoms. The van der Waals surface area contributed by atoms with Crippen molar-refractivity contribution >= 4 is 21.9 Å². The molecule has 2 aromatic carbocycles. The number of carboxylic acid groups (broad SMARTS) is 1. The highest BCUT2D eigenvalue weighted by Crippen LogP contribution is 2.12. The number of carboxylic acids is 1. The second-order valence-electron chi connectivity index (χ2n) is 4.51. The Balaban J connectivity index is 1.82. The normalized spacial score (nSPS) is 10.4. The molecule has 0 aliphatic heterocycles. The Bertz CT molecular complexity index is 561. The van der Waals surface area contributed by atoms with Crippen molar-refractivity contribution in [1.29, 1.82) is 0 Å². The summed E-state index contributed by atoms with van der Waals surface area (Å²) in [7, 11) is 0. The van der Waals surface area contributed by atoms with E-state index in [0.717, 1.165) is 21.2 Å². The Hall–Kier alpha value is -1.65. The van der Waals surface area contributed by atoms with E-state index in [-0.39, 0.29) is 6.42 Å². The molecule has 0 aliphatic carbocycles. The van der Waals surface area contributed by atoms with E-state index >= 15 is 0 Å². The molecule has 0 saturated heterocycles. The number of hydrogen-bond donors (Lipinski definition) is 1. The van der Waals surface area contributed by atoms with E-state index in [0.29, 0.717) is 13.2 Å². The predicted octanol–water partition coefficient (Wildman–Crippen LogP) is 3.79. The Morgan fingerprint density at radius 3 is 1.85 bits per heavy atom. The molecular formula is C16H15BrO3. The zero-order valence-corrected chi connectivity index (χ0v) is 12.5. The summed E-state index contributed by atoms with van der Waals surface area (Å²) in [5, 5.41) is 8.70. The fourth-order valence-corrected chi connectivity index (χ4v) is 2.06. The van der Waals surface area contributed by atoms with Crippen LogP contribution in [-0.2, 0) is 29.2 Å². The number of carbonyl (C=O) groups is 1.